The van der Waals surface area contributed by atoms with Crippen LogP contribution in [0.4, 0.5) is 4.79 Å². The molecule has 0 bridgehead atoms. The molecule has 368 valence electrons. The Balaban J connectivity index is 1.34. The van der Waals surface area contributed by atoms with Crippen molar-refractivity contribution < 1.29 is 42.9 Å². The van der Waals surface area contributed by atoms with Crippen molar-refractivity contribution >= 4 is 41.4 Å². The van der Waals surface area contributed by atoms with Crippen LogP contribution in [0.5, 0.6) is 0 Å². The van der Waals surface area contributed by atoms with Crippen LogP contribution < -0.4 is 0 Å². The molecular formula is C55H82ClNO9. The van der Waals surface area contributed by atoms with E-state index in [4.69, 9.17) is 30.5 Å². The van der Waals surface area contributed by atoms with Crippen molar-refractivity contribution in [1.29, 1.82) is 0 Å². The number of nitrogens with zero attached hydrogens (tertiary/aromatic N) is 1. The second kappa shape index (κ2) is 18.2. The summed E-state index contributed by atoms with van der Waals surface area (Å²) in [6, 6.07) is 7.39. The van der Waals surface area contributed by atoms with Gasteiger partial charge in [-0.3, -0.25) is 19.2 Å². The fourth-order valence-corrected chi connectivity index (χ4v) is 14.5. The Morgan fingerprint density at radius 3 is 2.02 bits per heavy atom. The van der Waals surface area contributed by atoms with Crippen LogP contribution in [0.3, 0.4) is 0 Å². The van der Waals surface area contributed by atoms with Crippen molar-refractivity contribution in [2.45, 2.75) is 199 Å². The number of benzene rings is 1. The monoisotopic (exact) mass is 936 g/mol. The Kier molecular flexibility index (Phi) is 14.3. The van der Waals surface area contributed by atoms with E-state index in [1.54, 1.807) is 30.9 Å². The minimum atomic E-state index is -1.02. The highest BCUT2D eigenvalue weighted by Crippen LogP contribution is 2.76. The zero-order valence-corrected chi connectivity index (χ0v) is 44.0. The van der Waals surface area contributed by atoms with Gasteiger partial charge in [-0.1, -0.05) is 77.8 Å². The molecule has 1 aromatic rings. The third-order valence-electron chi connectivity index (χ3n) is 17.3. The molecule has 10 atom stereocenters. The lowest BCUT2D eigenvalue weighted by Crippen LogP contribution is -2.66. The Bertz CT molecular complexity index is 2070. The van der Waals surface area contributed by atoms with Crippen molar-refractivity contribution in [3.8, 4) is 0 Å². The minimum Gasteiger partial charge on any atom is -0.462 e. The number of hydrogen-bond acceptors (Lipinski definition) is 9. The van der Waals surface area contributed by atoms with Crippen molar-refractivity contribution in [3.05, 3.63) is 46.0 Å². The number of amides is 1. The largest absolute Gasteiger partial charge is 0.462 e. The maximum atomic E-state index is 14.3. The molecule has 4 saturated carbocycles. The van der Waals surface area contributed by atoms with E-state index in [1.165, 1.54) is 12.5 Å². The molecule has 0 spiro atoms. The third kappa shape index (κ3) is 10.0. The van der Waals surface area contributed by atoms with E-state index in [1.807, 2.05) is 53.7 Å². The lowest BCUT2D eigenvalue weighted by molar-refractivity contribution is -0.237. The van der Waals surface area contributed by atoms with Gasteiger partial charge in [0.05, 0.1) is 18.4 Å². The molecule has 0 heterocycles. The first kappa shape index (κ1) is 52.0. The molecule has 6 rings (SSSR count). The predicted octanol–water partition coefficient (Wildman–Crippen LogP) is 12.5. The van der Waals surface area contributed by atoms with Gasteiger partial charge in [-0.15, -0.1) is 0 Å². The molecule has 0 saturated heterocycles. The number of fused-ring (bicyclic) bond motifs is 7. The number of rotatable bonds is 11. The maximum Gasteiger partial charge on any atom is 0.410 e. The highest BCUT2D eigenvalue weighted by atomic mass is 35.5. The van der Waals surface area contributed by atoms with Gasteiger partial charge in [0.2, 0.25) is 0 Å². The summed E-state index contributed by atoms with van der Waals surface area (Å²) in [5, 5.41) is 0.593. The van der Waals surface area contributed by atoms with E-state index in [2.05, 4.69) is 48.5 Å². The molecule has 1 amide bonds. The molecule has 4 fully saturated rings. The summed E-state index contributed by atoms with van der Waals surface area (Å²) >= 11 is 6.27. The van der Waals surface area contributed by atoms with Gasteiger partial charge in [-0.25, -0.2) is 4.79 Å². The summed E-state index contributed by atoms with van der Waals surface area (Å²) in [6.07, 6.45) is 5.16. The number of Topliss-reactive ketones (excluding diaryl/α,β-unsaturated/α-hetero) is 1. The molecule has 0 aliphatic heterocycles. The molecule has 0 aromatic heterocycles. The quantitative estimate of drug-likeness (QED) is 0.157. The van der Waals surface area contributed by atoms with Gasteiger partial charge >= 0.3 is 24.0 Å². The number of hydrogen-bond donors (Lipinski definition) is 0. The van der Waals surface area contributed by atoms with Crippen molar-refractivity contribution in [1.82, 2.24) is 4.90 Å². The van der Waals surface area contributed by atoms with Crippen LogP contribution in [-0.2, 0) is 44.7 Å². The maximum absolute atomic E-state index is 14.3. The molecule has 11 heteroatoms. The Hall–Kier alpha value is -3.40. The summed E-state index contributed by atoms with van der Waals surface area (Å²) in [6.45, 7) is 32.6. The topological polar surface area (TPSA) is 126 Å². The van der Waals surface area contributed by atoms with Crippen LogP contribution >= 0.6 is 11.6 Å². The zero-order valence-electron chi connectivity index (χ0n) is 43.2. The van der Waals surface area contributed by atoms with Crippen LogP contribution in [0.1, 0.15) is 174 Å². The lowest BCUT2D eigenvalue weighted by Gasteiger charge is -2.72. The van der Waals surface area contributed by atoms with Crippen molar-refractivity contribution in [2.24, 2.45) is 62.6 Å². The van der Waals surface area contributed by atoms with Gasteiger partial charge in [-0.05, 0) is 169 Å². The first-order valence-electron chi connectivity index (χ1n) is 24.8. The van der Waals surface area contributed by atoms with Gasteiger partial charge in [0.15, 0.2) is 5.78 Å². The lowest BCUT2D eigenvalue weighted by atomic mass is 9.33. The first-order chi connectivity index (χ1) is 30.2. The summed E-state index contributed by atoms with van der Waals surface area (Å²) in [5.74, 6) is -0.477. The summed E-state index contributed by atoms with van der Waals surface area (Å²) in [4.78, 5) is 70.2. The second-order valence-electron chi connectivity index (χ2n) is 25.3. The van der Waals surface area contributed by atoms with Crippen LogP contribution in [-0.4, -0.2) is 64.6 Å². The number of carbonyl (C=O) groups is 5. The highest BCUT2D eigenvalue weighted by molar-refractivity contribution is 6.30. The molecule has 10 nitrogen and oxygen atoms in total. The van der Waals surface area contributed by atoms with E-state index >= 15 is 0 Å². The molecule has 0 radical (unpaired) electrons. The summed E-state index contributed by atoms with van der Waals surface area (Å²) < 4.78 is 24.5. The van der Waals surface area contributed by atoms with E-state index in [0.29, 0.717) is 17.4 Å². The second-order valence-corrected chi connectivity index (χ2v) is 25.7. The predicted molar refractivity (Wildman–Crippen MR) is 257 cm³/mol. The van der Waals surface area contributed by atoms with E-state index in [-0.39, 0.29) is 88.6 Å². The van der Waals surface area contributed by atoms with Crippen LogP contribution in [0, 0.1) is 62.6 Å². The Morgan fingerprint density at radius 1 is 0.818 bits per heavy atom. The third-order valence-corrected chi connectivity index (χ3v) is 17.5. The van der Waals surface area contributed by atoms with E-state index in [9.17, 15) is 24.0 Å². The number of ether oxygens (including phenoxy) is 4. The number of allylic oxidation sites excluding steroid dienone is 2. The minimum absolute atomic E-state index is 0.0446. The number of halogens is 1. The van der Waals surface area contributed by atoms with E-state index in [0.717, 1.165) is 56.1 Å². The summed E-state index contributed by atoms with van der Waals surface area (Å²) in [5.41, 5.74) is -0.141. The van der Waals surface area contributed by atoms with Crippen LogP contribution in [0.2, 0.25) is 5.02 Å². The zero-order chi connectivity index (χ0) is 49.3. The van der Waals surface area contributed by atoms with Gasteiger partial charge in [0.25, 0.3) is 0 Å². The number of carbonyl (C=O) groups excluding carboxylic acids is 5. The van der Waals surface area contributed by atoms with Crippen molar-refractivity contribution in [3.63, 3.8) is 0 Å². The highest BCUT2D eigenvalue weighted by Gasteiger charge is 2.70. The first-order valence-corrected chi connectivity index (χ1v) is 25.2. The number of esters is 3. The standard InChI is InChI=1S/C55H82ClNO9/c1-32(2)45-39(59)27-36-37(40(63-33(3)58)31-57(48(62)66-50(7,8)9)30-34-17-19-35(56)20-18-34)28-55(16)38(46(36)45)21-22-42-53(14)25-24-43(52(12,13)41(53)23-26-54(42,55)15)64-44(60)29-51(10,11)47(61)65-49(4,5)6/h17-20,32,36-38,40-43H,21-31H2,1-16H3/t36?,37-,38+,40-,41-,42+,43-,53-,54+,55+/m0/s1. The normalized spacial score (nSPS) is 32.3. The smallest absolute Gasteiger partial charge is 0.410 e. The fraction of sp³-hybridized carbons (Fsp3) is 0.764. The van der Waals surface area contributed by atoms with Gasteiger partial charge < -0.3 is 23.8 Å². The molecule has 1 aromatic carbocycles. The molecule has 1 unspecified atom stereocenters. The summed E-state index contributed by atoms with van der Waals surface area (Å²) in [7, 11) is 0. The van der Waals surface area contributed by atoms with Gasteiger partial charge in [0.1, 0.15) is 23.4 Å². The van der Waals surface area contributed by atoms with Crippen LogP contribution in [0.25, 0.3) is 0 Å². The molecule has 5 aliphatic carbocycles. The average molecular weight is 937 g/mol. The van der Waals surface area contributed by atoms with E-state index < -0.39 is 40.8 Å². The number of ketones is 1. The SMILES string of the molecule is CC(=O)O[C@@H](CN(Cc1ccc(Cl)cc1)C(=O)OC(C)(C)C)[C@H]1C[C@]2(C)[C@H](CC[C@@H]3[C@@]4(C)CC[C@H](OC(=O)CC(C)(C)C(=O)OC(C)(C)C)C(C)(C)[C@@H]4CC[C@]32C)C2=C(C(C)C)C(=O)CC21. The Morgan fingerprint density at radius 2 is 1.44 bits per heavy atom. The average Bonchev–Trinajstić information content (AvgIpc) is 3.51. The van der Waals surface area contributed by atoms with Crippen LogP contribution in [0.15, 0.2) is 35.4 Å². The van der Waals surface area contributed by atoms with Gasteiger partial charge in [0, 0.05) is 36.2 Å². The molecular weight excluding hydrogens is 854 g/mol. The Labute approximate surface area is 401 Å². The fourth-order valence-electron chi connectivity index (χ4n) is 14.4. The van der Waals surface area contributed by atoms with Gasteiger partial charge in [-0.2, -0.15) is 0 Å². The molecule has 0 N–H and O–H groups in total. The van der Waals surface area contributed by atoms with Crippen molar-refractivity contribution in [2.75, 3.05) is 6.54 Å². The molecule has 5 aliphatic rings. The molecule has 66 heavy (non-hydrogen) atoms.